The molecule has 1 aliphatic heterocycles. The summed E-state index contributed by atoms with van der Waals surface area (Å²) in [6, 6.07) is 10.3. The number of halogens is 4. The first-order valence-electron chi connectivity index (χ1n) is 9.06. The molecule has 2 aromatic carbocycles. The lowest BCUT2D eigenvalue weighted by molar-refractivity contribution is -0.0260. The van der Waals surface area contributed by atoms with Crippen LogP contribution in [-0.4, -0.2) is 35.4 Å². The Balaban J connectivity index is 0.00000280. The predicted octanol–water partition coefficient (Wildman–Crippen LogP) is 4.99. The van der Waals surface area contributed by atoms with Crippen LogP contribution in [0.1, 0.15) is 41.6 Å². The Kier molecular flexibility index (Phi) is 7.96. The van der Waals surface area contributed by atoms with Crippen molar-refractivity contribution in [1.82, 2.24) is 4.90 Å². The van der Waals surface area contributed by atoms with E-state index in [-0.39, 0.29) is 30.2 Å². The normalized spacial score (nSPS) is 16.4. The Bertz CT molecular complexity index is 807. The molecule has 0 saturated carbocycles. The summed E-state index contributed by atoms with van der Waals surface area (Å²) in [5.74, 6) is -1.82. The summed E-state index contributed by atoms with van der Waals surface area (Å²) < 4.78 is 26.6. The molecular weight excluding hydrogens is 407 g/mol. The summed E-state index contributed by atoms with van der Waals surface area (Å²) in [6.45, 7) is 2.14. The maximum absolute atomic E-state index is 13.6. The molecule has 2 aromatic rings. The van der Waals surface area contributed by atoms with Gasteiger partial charge in [-0.2, -0.15) is 0 Å². The number of hydrogen-bond acceptors (Lipinski definition) is 3. The number of piperidine rings is 1. The van der Waals surface area contributed by atoms with Crippen LogP contribution in [-0.2, 0) is 5.60 Å². The highest BCUT2D eigenvalue weighted by molar-refractivity contribution is 6.30. The molecule has 0 bridgehead atoms. The van der Waals surface area contributed by atoms with E-state index < -0.39 is 17.2 Å². The third-order valence-electron chi connectivity index (χ3n) is 5.17. The van der Waals surface area contributed by atoms with Gasteiger partial charge < -0.3 is 10.0 Å². The number of nitrogens with zero attached hydrogens (tertiary/aromatic N) is 1. The summed E-state index contributed by atoms with van der Waals surface area (Å²) in [7, 11) is 0. The standard InChI is InChI=1S/C21H22ClF2NO2.ClH/c22-16-5-3-15(4-6-16)21(27)9-12-25(13-10-21)11-1-2-20(26)18-8-7-17(23)14-19(18)24;/h3-8,14,27H,1-2,9-13H2;1H. The molecule has 3 rings (SSSR count). The first-order valence-corrected chi connectivity index (χ1v) is 9.44. The highest BCUT2D eigenvalue weighted by Gasteiger charge is 2.33. The van der Waals surface area contributed by atoms with E-state index in [0.717, 1.165) is 30.8 Å². The van der Waals surface area contributed by atoms with Crippen LogP contribution in [0.5, 0.6) is 0 Å². The van der Waals surface area contributed by atoms with E-state index in [9.17, 15) is 18.7 Å². The zero-order chi connectivity index (χ0) is 19.4. The Morgan fingerprint density at radius 2 is 1.75 bits per heavy atom. The van der Waals surface area contributed by atoms with Gasteiger partial charge >= 0.3 is 0 Å². The van der Waals surface area contributed by atoms with Crippen molar-refractivity contribution in [2.75, 3.05) is 19.6 Å². The molecule has 7 heteroatoms. The van der Waals surface area contributed by atoms with Crippen LogP contribution in [0.2, 0.25) is 5.02 Å². The smallest absolute Gasteiger partial charge is 0.165 e. The van der Waals surface area contributed by atoms with Gasteiger partial charge in [0.2, 0.25) is 0 Å². The minimum atomic E-state index is -0.853. The van der Waals surface area contributed by atoms with Gasteiger partial charge in [0.15, 0.2) is 5.78 Å². The lowest BCUT2D eigenvalue weighted by Crippen LogP contribution is -2.42. The van der Waals surface area contributed by atoms with Crippen molar-refractivity contribution in [3.05, 3.63) is 70.2 Å². The lowest BCUT2D eigenvalue weighted by Gasteiger charge is -2.38. The van der Waals surface area contributed by atoms with Crippen LogP contribution in [0.15, 0.2) is 42.5 Å². The first kappa shape index (κ1) is 22.8. The van der Waals surface area contributed by atoms with Crippen molar-refractivity contribution in [2.24, 2.45) is 0 Å². The van der Waals surface area contributed by atoms with Gasteiger partial charge in [-0.15, -0.1) is 12.4 Å². The number of carbonyl (C=O) groups excluding carboxylic acids is 1. The number of Topliss-reactive ketones (excluding diaryl/α,β-unsaturated/α-hetero) is 1. The fourth-order valence-electron chi connectivity index (χ4n) is 3.51. The first-order chi connectivity index (χ1) is 12.9. The maximum atomic E-state index is 13.6. The number of benzene rings is 2. The van der Waals surface area contributed by atoms with E-state index in [4.69, 9.17) is 11.6 Å². The molecule has 1 fully saturated rings. The molecule has 1 aliphatic rings. The monoisotopic (exact) mass is 429 g/mol. The van der Waals surface area contributed by atoms with E-state index in [1.807, 2.05) is 12.1 Å². The van der Waals surface area contributed by atoms with Crippen molar-refractivity contribution >= 4 is 29.8 Å². The number of ketones is 1. The molecule has 0 atom stereocenters. The summed E-state index contributed by atoms with van der Waals surface area (Å²) in [6.07, 6.45) is 2.01. The van der Waals surface area contributed by atoms with Crippen molar-refractivity contribution in [3.8, 4) is 0 Å². The number of hydrogen-bond donors (Lipinski definition) is 1. The second-order valence-corrected chi connectivity index (χ2v) is 7.47. The van der Waals surface area contributed by atoms with Crippen molar-refractivity contribution in [1.29, 1.82) is 0 Å². The number of aliphatic hydroxyl groups is 1. The van der Waals surface area contributed by atoms with Gasteiger partial charge in [-0.1, -0.05) is 23.7 Å². The van der Waals surface area contributed by atoms with Crippen molar-refractivity contribution in [2.45, 2.75) is 31.3 Å². The Labute approximate surface area is 174 Å². The molecule has 0 aliphatic carbocycles. The van der Waals surface area contributed by atoms with Crippen LogP contribution in [0.3, 0.4) is 0 Å². The molecule has 28 heavy (non-hydrogen) atoms. The predicted molar refractivity (Wildman–Crippen MR) is 108 cm³/mol. The van der Waals surface area contributed by atoms with E-state index in [1.165, 1.54) is 6.07 Å². The number of likely N-dealkylation sites (tertiary alicyclic amines) is 1. The second kappa shape index (κ2) is 9.79. The van der Waals surface area contributed by atoms with Crippen molar-refractivity contribution < 1.29 is 18.7 Å². The molecular formula is C21H23Cl2F2NO2. The highest BCUT2D eigenvalue weighted by atomic mass is 35.5. The van der Waals surface area contributed by atoms with E-state index in [2.05, 4.69) is 4.90 Å². The Morgan fingerprint density at radius 3 is 2.36 bits per heavy atom. The van der Waals surface area contributed by atoms with Crippen LogP contribution in [0.4, 0.5) is 8.78 Å². The molecule has 1 heterocycles. The Morgan fingerprint density at radius 1 is 1.11 bits per heavy atom. The summed E-state index contributed by atoms with van der Waals surface area (Å²) in [4.78, 5) is 14.3. The molecule has 0 amide bonds. The lowest BCUT2D eigenvalue weighted by atomic mass is 9.84. The topological polar surface area (TPSA) is 40.5 Å². The molecule has 1 N–H and O–H groups in total. The quantitative estimate of drug-likeness (QED) is 0.657. The maximum Gasteiger partial charge on any atom is 0.165 e. The molecule has 0 aromatic heterocycles. The summed E-state index contributed by atoms with van der Waals surface area (Å²) in [5.41, 5.74) is -0.0469. The van der Waals surface area contributed by atoms with Gasteiger partial charge in [-0.05, 0) is 55.6 Å². The number of rotatable bonds is 6. The van der Waals surface area contributed by atoms with Gasteiger partial charge in [0, 0.05) is 30.6 Å². The second-order valence-electron chi connectivity index (χ2n) is 7.03. The Hall–Kier alpha value is -1.53. The van der Waals surface area contributed by atoms with Gasteiger partial charge in [0.25, 0.3) is 0 Å². The zero-order valence-electron chi connectivity index (χ0n) is 15.3. The van der Waals surface area contributed by atoms with Crippen molar-refractivity contribution in [3.63, 3.8) is 0 Å². The van der Waals surface area contributed by atoms with Crippen LogP contribution < -0.4 is 0 Å². The highest BCUT2D eigenvalue weighted by Crippen LogP contribution is 2.33. The average Bonchev–Trinajstić information content (AvgIpc) is 2.64. The molecule has 0 spiro atoms. The molecule has 0 unspecified atom stereocenters. The van der Waals surface area contributed by atoms with E-state index >= 15 is 0 Å². The molecule has 1 saturated heterocycles. The minimum Gasteiger partial charge on any atom is -0.385 e. The minimum absolute atomic E-state index is 0. The van der Waals surface area contributed by atoms with Gasteiger partial charge in [0.05, 0.1) is 11.2 Å². The van der Waals surface area contributed by atoms with Gasteiger partial charge in [0.1, 0.15) is 11.6 Å². The summed E-state index contributed by atoms with van der Waals surface area (Å²) >= 11 is 5.90. The number of carbonyl (C=O) groups is 1. The van der Waals surface area contributed by atoms with Crippen LogP contribution in [0, 0.1) is 11.6 Å². The van der Waals surface area contributed by atoms with Gasteiger partial charge in [-0.3, -0.25) is 4.79 Å². The third kappa shape index (κ3) is 5.51. The zero-order valence-corrected chi connectivity index (χ0v) is 16.9. The largest absolute Gasteiger partial charge is 0.385 e. The fraction of sp³-hybridized carbons (Fsp3) is 0.381. The fourth-order valence-corrected chi connectivity index (χ4v) is 3.63. The summed E-state index contributed by atoms with van der Waals surface area (Å²) in [5, 5.41) is 11.5. The van der Waals surface area contributed by atoms with E-state index in [1.54, 1.807) is 12.1 Å². The van der Waals surface area contributed by atoms with E-state index in [0.29, 0.717) is 30.8 Å². The molecule has 0 radical (unpaired) electrons. The van der Waals surface area contributed by atoms with Crippen LogP contribution >= 0.6 is 24.0 Å². The third-order valence-corrected chi connectivity index (χ3v) is 5.43. The molecule has 152 valence electrons. The average molecular weight is 430 g/mol. The van der Waals surface area contributed by atoms with Crippen LogP contribution in [0.25, 0.3) is 0 Å². The molecule has 3 nitrogen and oxygen atoms in total. The van der Waals surface area contributed by atoms with Gasteiger partial charge in [-0.25, -0.2) is 8.78 Å². The SMILES string of the molecule is Cl.O=C(CCCN1CCC(O)(c2ccc(Cl)cc2)CC1)c1ccc(F)cc1F.